The quantitative estimate of drug-likeness (QED) is 0.151. The average Bonchev–Trinajstić information content (AvgIpc) is 3.05. The van der Waals surface area contributed by atoms with Gasteiger partial charge in [-0.1, -0.05) is 75.1 Å². The standard InChI is InChI=1S/C39H47F3O/c1-3-5-6-7-8-25-43-37-24-23-35(38(41)39(37)42)32-19-15-30(16-20-32)33-21-22-34(36(40)26-33)31-17-13-29(14-18-31)28-11-9-27(4-2)10-12-28/h4,15-16,19-24,26-29,31H,2-3,5-14,17-18,25H2,1H3. The Morgan fingerprint density at radius 1 is 0.698 bits per heavy atom. The second kappa shape index (κ2) is 15.1. The number of unbranched alkanes of at least 4 members (excludes halogenated alkanes) is 4. The summed E-state index contributed by atoms with van der Waals surface area (Å²) in [5.74, 6) is 0.523. The summed E-state index contributed by atoms with van der Waals surface area (Å²) in [5.41, 5.74) is 3.21. The van der Waals surface area contributed by atoms with Crippen molar-refractivity contribution in [3.8, 4) is 28.0 Å². The first kappa shape index (κ1) is 31.4. The minimum absolute atomic E-state index is 0.0481. The van der Waals surface area contributed by atoms with Crippen molar-refractivity contribution in [1.82, 2.24) is 0 Å². The van der Waals surface area contributed by atoms with Crippen LogP contribution in [0, 0.1) is 35.2 Å². The van der Waals surface area contributed by atoms with Gasteiger partial charge in [0.1, 0.15) is 5.82 Å². The van der Waals surface area contributed by atoms with E-state index in [0.717, 1.165) is 67.1 Å². The molecule has 0 bridgehead atoms. The van der Waals surface area contributed by atoms with Crippen LogP contribution in [0.15, 0.2) is 67.3 Å². The summed E-state index contributed by atoms with van der Waals surface area (Å²) in [7, 11) is 0. The van der Waals surface area contributed by atoms with Gasteiger partial charge in [-0.25, -0.2) is 8.78 Å². The lowest BCUT2D eigenvalue weighted by molar-refractivity contribution is 0.171. The molecule has 0 heterocycles. The fraction of sp³-hybridized carbons (Fsp3) is 0.487. The monoisotopic (exact) mass is 588 g/mol. The number of hydrogen-bond acceptors (Lipinski definition) is 1. The first-order chi connectivity index (χ1) is 21.0. The second-order valence-corrected chi connectivity index (χ2v) is 12.8. The predicted molar refractivity (Wildman–Crippen MR) is 172 cm³/mol. The van der Waals surface area contributed by atoms with Gasteiger partial charge in [0.2, 0.25) is 5.82 Å². The third-order valence-corrected chi connectivity index (χ3v) is 10.1. The van der Waals surface area contributed by atoms with E-state index in [1.165, 1.54) is 51.0 Å². The van der Waals surface area contributed by atoms with E-state index in [4.69, 9.17) is 4.74 Å². The van der Waals surface area contributed by atoms with Crippen LogP contribution in [0.1, 0.15) is 102 Å². The van der Waals surface area contributed by atoms with E-state index >= 15 is 4.39 Å². The summed E-state index contributed by atoms with van der Waals surface area (Å²) in [4.78, 5) is 0. The summed E-state index contributed by atoms with van der Waals surface area (Å²) >= 11 is 0. The highest BCUT2D eigenvalue weighted by Gasteiger charge is 2.31. The Bertz CT molecular complexity index is 1330. The fourth-order valence-electron chi connectivity index (χ4n) is 7.39. The van der Waals surface area contributed by atoms with Crippen LogP contribution in [0.4, 0.5) is 13.2 Å². The van der Waals surface area contributed by atoms with Crippen molar-refractivity contribution in [3.05, 3.63) is 90.3 Å². The molecule has 1 nitrogen and oxygen atoms in total. The van der Waals surface area contributed by atoms with E-state index in [-0.39, 0.29) is 23.0 Å². The van der Waals surface area contributed by atoms with E-state index in [2.05, 4.69) is 19.6 Å². The second-order valence-electron chi connectivity index (χ2n) is 12.8. The van der Waals surface area contributed by atoms with Crippen LogP contribution in [0.2, 0.25) is 0 Å². The molecule has 2 saturated carbocycles. The van der Waals surface area contributed by atoms with Gasteiger partial charge in [0.15, 0.2) is 11.6 Å². The SMILES string of the molecule is C=CC1CCC(C2CCC(c3ccc(-c4ccc(-c5ccc(OCCCCCCC)c(F)c5F)cc4)cc3F)CC2)CC1. The van der Waals surface area contributed by atoms with Gasteiger partial charge in [0, 0.05) is 5.56 Å². The maximum Gasteiger partial charge on any atom is 0.201 e. The van der Waals surface area contributed by atoms with Crippen molar-refractivity contribution in [2.24, 2.45) is 17.8 Å². The van der Waals surface area contributed by atoms with Gasteiger partial charge in [-0.2, -0.15) is 4.39 Å². The number of halogens is 3. The van der Waals surface area contributed by atoms with E-state index < -0.39 is 11.6 Å². The summed E-state index contributed by atoms with van der Waals surface area (Å²) in [5, 5.41) is 0. The molecule has 3 aromatic rings. The lowest BCUT2D eigenvalue weighted by Gasteiger charge is -2.37. The van der Waals surface area contributed by atoms with Crippen LogP contribution in [0.25, 0.3) is 22.3 Å². The molecule has 0 radical (unpaired) electrons. The molecule has 43 heavy (non-hydrogen) atoms. The lowest BCUT2D eigenvalue weighted by Crippen LogP contribution is -2.25. The summed E-state index contributed by atoms with van der Waals surface area (Å²) in [6, 6.07) is 15.8. The van der Waals surface area contributed by atoms with Crippen LogP contribution in [-0.4, -0.2) is 6.61 Å². The zero-order valence-electron chi connectivity index (χ0n) is 25.7. The minimum atomic E-state index is -0.957. The smallest absolute Gasteiger partial charge is 0.201 e. The molecule has 0 unspecified atom stereocenters. The largest absolute Gasteiger partial charge is 0.490 e. The zero-order chi connectivity index (χ0) is 30.2. The molecule has 2 fully saturated rings. The Kier molecular flexibility index (Phi) is 11.1. The Morgan fingerprint density at radius 3 is 1.98 bits per heavy atom. The number of hydrogen-bond donors (Lipinski definition) is 0. The average molecular weight is 589 g/mol. The van der Waals surface area contributed by atoms with Gasteiger partial charge in [0.25, 0.3) is 0 Å². The van der Waals surface area contributed by atoms with Crippen molar-refractivity contribution in [1.29, 1.82) is 0 Å². The van der Waals surface area contributed by atoms with Crippen molar-refractivity contribution < 1.29 is 17.9 Å². The highest BCUT2D eigenvalue weighted by Crippen LogP contribution is 2.45. The number of ether oxygens (including phenoxy) is 1. The van der Waals surface area contributed by atoms with Gasteiger partial charge >= 0.3 is 0 Å². The maximum atomic E-state index is 15.4. The Labute approximate surface area is 256 Å². The van der Waals surface area contributed by atoms with Crippen LogP contribution in [-0.2, 0) is 0 Å². The Balaban J connectivity index is 1.18. The summed E-state index contributed by atoms with van der Waals surface area (Å²) in [6.07, 6.45) is 17.1. The van der Waals surface area contributed by atoms with Crippen molar-refractivity contribution >= 4 is 0 Å². The molecule has 0 atom stereocenters. The molecule has 230 valence electrons. The maximum absolute atomic E-state index is 15.4. The minimum Gasteiger partial charge on any atom is -0.490 e. The molecule has 5 rings (SSSR count). The third kappa shape index (κ3) is 7.75. The van der Waals surface area contributed by atoms with Crippen LogP contribution in [0.5, 0.6) is 5.75 Å². The molecule has 0 amide bonds. The van der Waals surface area contributed by atoms with E-state index in [9.17, 15) is 8.78 Å². The molecule has 0 spiro atoms. The zero-order valence-corrected chi connectivity index (χ0v) is 25.7. The van der Waals surface area contributed by atoms with Crippen molar-refractivity contribution in [2.45, 2.75) is 96.3 Å². The Morgan fingerprint density at radius 2 is 1.33 bits per heavy atom. The van der Waals surface area contributed by atoms with Crippen LogP contribution >= 0.6 is 0 Å². The molecule has 4 heteroatoms. The van der Waals surface area contributed by atoms with Crippen molar-refractivity contribution in [2.75, 3.05) is 6.61 Å². The number of benzene rings is 3. The fourth-order valence-corrected chi connectivity index (χ4v) is 7.39. The predicted octanol–water partition coefficient (Wildman–Crippen LogP) is 12.1. The molecule has 0 aromatic heterocycles. The van der Waals surface area contributed by atoms with Gasteiger partial charge in [-0.05, 0) is 122 Å². The summed E-state index contributed by atoms with van der Waals surface area (Å²) < 4.78 is 50.6. The normalized spacial score (nSPS) is 22.3. The van der Waals surface area contributed by atoms with Gasteiger partial charge in [-0.3, -0.25) is 0 Å². The summed E-state index contributed by atoms with van der Waals surface area (Å²) in [6.45, 7) is 6.51. The highest BCUT2D eigenvalue weighted by atomic mass is 19.2. The van der Waals surface area contributed by atoms with Crippen molar-refractivity contribution in [3.63, 3.8) is 0 Å². The van der Waals surface area contributed by atoms with Crippen LogP contribution in [0.3, 0.4) is 0 Å². The van der Waals surface area contributed by atoms with Gasteiger partial charge < -0.3 is 4.74 Å². The molecular weight excluding hydrogens is 541 g/mol. The molecule has 0 N–H and O–H groups in total. The molecule has 2 aliphatic carbocycles. The number of allylic oxidation sites excluding steroid dienone is 1. The van der Waals surface area contributed by atoms with Crippen LogP contribution < -0.4 is 4.74 Å². The van der Waals surface area contributed by atoms with E-state index in [0.29, 0.717) is 18.1 Å². The number of rotatable bonds is 12. The third-order valence-electron chi connectivity index (χ3n) is 10.1. The first-order valence-corrected chi connectivity index (χ1v) is 16.6. The van der Waals surface area contributed by atoms with E-state index in [1.54, 1.807) is 24.3 Å². The topological polar surface area (TPSA) is 9.23 Å². The first-order valence-electron chi connectivity index (χ1n) is 16.6. The molecule has 0 aliphatic heterocycles. The molecule has 3 aromatic carbocycles. The lowest BCUT2D eigenvalue weighted by atomic mass is 9.68. The van der Waals surface area contributed by atoms with Gasteiger partial charge in [-0.15, -0.1) is 6.58 Å². The molecule has 0 saturated heterocycles. The molecule has 2 aliphatic rings. The van der Waals surface area contributed by atoms with E-state index in [1.807, 2.05) is 24.3 Å². The highest BCUT2D eigenvalue weighted by molar-refractivity contribution is 5.71. The Hall–Kier alpha value is -3.01. The van der Waals surface area contributed by atoms with Gasteiger partial charge in [0.05, 0.1) is 6.61 Å². The molecular formula is C39H47F3O.